The van der Waals surface area contributed by atoms with Gasteiger partial charge in [-0.05, 0) is 49.7 Å². The summed E-state index contributed by atoms with van der Waals surface area (Å²) in [5, 5.41) is 6.02. The molecular formula is C20H20ClF2N3O2. The number of benzene rings is 2. The number of hydrogen-bond donors (Lipinski definition) is 2. The van der Waals surface area contributed by atoms with E-state index >= 15 is 0 Å². The van der Waals surface area contributed by atoms with Crippen LogP contribution >= 0.6 is 11.6 Å². The molecule has 0 aromatic heterocycles. The summed E-state index contributed by atoms with van der Waals surface area (Å²) in [5.41, 5.74) is 0.713. The van der Waals surface area contributed by atoms with Crippen molar-refractivity contribution in [2.45, 2.75) is 25.4 Å². The van der Waals surface area contributed by atoms with Crippen molar-refractivity contribution in [2.75, 3.05) is 18.0 Å². The van der Waals surface area contributed by atoms with Gasteiger partial charge in [0.25, 0.3) is 5.91 Å². The second-order valence-electron chi connectivity index (χ2n) is 6.74. The van der Waals surface area contributed by atoms with E-state index in [0.29, 0.717) is 35.8 Å². The lowest BCUT2D eigenvalue weighted by atomic mass is 10.2. The van der Waals surface area contributed by atoms with Gasteiger partial charge in [0.2, 0.25) is 5.91 Å². The number of carbonyl (C=O) groups excluding carboxylic acids is 2. The van der Waals surface area contributed by atoms with Crippen LogP contribution < -0.4 is 15.5 Å². The van der Waals surface area contributed by atoms with Crippen LogP contribution in [0.3, 0.4) is 0 Å². The number of rotatable bonds is 5. The summed E-state index contributed by atoms with van der Waals surface area (Å²) in [4.78, 5) is 26.3. The van der Waals surface area contributed by atoms with Gasteiger partial charge < -0.3 is 15.5 Å². The van der Waals surface area contributed by atoms with Crippen LogP contribution in [0.5, 0.6) is 0 Å². The molecule has 1 fully saturated rings. The maximum atomic E-state index is 13.9. The molecule has 2 unspecified atom stereocenters. The molecule has 2 atom stereocenters. The highest BCUT2D eigenvalue weighted by atomic mass is 35.5. The lowest BCUT2D eigenvalue weighted by Gasteiger charge is -2.21. The van der Waals surface area contributed by atoms with E-state index in [1.807, 2.05) is 0 Å². The monoisotopic (exact) mass is 407 g/mol. The van der Waals surface area contributed by atoms with E-state index in [-0.39, 0.29) is 17.9 Å². The van der Waals surface area contributed by atoms with Crippen LogP contribution in [0.15, 0.2) is 42.5 Å². The number of nitrogens with one attached hydrogen (secondary N) is 2. The Morgan fingerprint density at radius 1 is 1.18 bits per heavy atom. The van der Waals surface area contributed by atoms with Crippen LogP contribution in [-0.2, 0) is 4.79 Å². The van der Waals surface area contributed by atoms with Crippen molar-refractivity contribution >= 4 is 29.1 Å². The Bertz CT molecular complexity index is 876. The minimum Gasteiger partial charge on any atom is -0.367 e. The van der Waals surface area contributed by atoms with E-state index in [1.54, 1.807) is 36.1 Å². The van der Waals surface area contributed by atoms with Crippen LogP contribution in [0.4, 0.5) is 14.5 Å². The number of amides is 2. The highest BCUT2D eigenvalue weighted by Crippen LogP contribution is 2.24. The largest absolute Gasteiger partial charge is 0.367 e. The standard InChI is InChI=1S/C20H20ClF2N3O2/c1-12(24-20(28)13-2-4-14(21)5-3-13)19(27)25-16-8-9-26(11-16)18-7-6-15(22)10-17(18)23/h2-7,10,12,16H,8-9,11H2,1H3,(H,24,28)(H,25,27). The van der Waals surface area contributed by atoms with Crippen molar-refractivity contribution < 1.29 is 18.4 Å². The molecule has 5 nitrogen and oxygen atoms in total. The third-order valence-corrected chi connectivity index (χ3v) is 4.88. The predicted molar refractivity (Wildman–Crippen MR) is 103 cm³/mol. The van der Waals surface area contributed by atoms with Crippen molar-refractivity contribution in [2.24, 2.45) is 0 Å². The van der Waals surface area contributed by atoms with Crippen LogP contribution in [0.1, 0.15) is 23.7 Å². The molecule has 0 spiro atoms. The number of carbonyl (C=O) groups is 2. The molecule has 1 heterocycles. The third-order valence-electron chi connectivity index (χ3n) is 4.63. The first-order valence-corrected chi connectivity index (χ1v) is 9.28. The molecule has 3 rings (SSSR count). The predicted octanol–water partition coefficient (Wildman–Crippen LogP) is 3.13. The average Bonchev–Trinajstić information content (AvgIpc) is 3.10. The first-order chi connectivity index (χ1) is 13.3. The Morgan fingerprint density at radius 3 is 2.57 bits per heavy atom. The van der Waals surface area contributed by atoms with E-state index in [1.165, 1.54) is 12.1 Å². The van der Waals surface area contributed by atoms with Gasteiger partial charge in [-0.25, -0.2) is 8.78 Å². The molecule has 0 bridgehead atoms. The Morgan fingerprint density at radius 2 is 1.89 bits per heavy atom. The molecular weight excluding hydrogens is 388 g/mol. The van der Waals surface area contributed by atoms with Gasteiger partial charge >= 0.3 is 0 Å². The molecule has 2 aromatic rings. The molecule has 2 N–H and O–H groups in total. The number of hydrogen-bond acceptors (Lipinski definition) is 3. The topological polar surface area (TPSA) is 61.4 Å². The fourth-order valence-electron chi connectivity index (χ4n) is 3.11. The van der Waals surface area contributed by atoms with Crippen molar-refractivity contribution in [3.8, 4) is 0 Å². The first kappa shape index (κ1) is 20.1. The van der Waals surface area contributed by atoms with Crippen LogP contribution in [0, 0.1) is 11.6 Å². The van der Waals surface area contributed by atoms with Gasteiger partial charge in [-0.2, -0.15) is 0 Å². The minimum absolute atomic E-state index is 0.188. The van der Waals surface area contributed by atoms with E-state index in [4.69, 9.17) is 11.6 Å². The molecule has 1 aliphatic heterocycles. The van der Waals surface area contributed by atoms with Gasteiger partial charge in [-0.1, -0.05) is 11.6 Å². The lowest BCUT2D eigenvalue weighted by Crippen LogP contribution is -2.48. The van der Waals surface area contributed by atoms with Crippen LogP contribution in [-0.4, -0.2) is 37.0 Å². The molecule has 0 saturated carbocycles. The van der Waals surface area contributed by atoms with Gasteiger partial charge in [0.15, 0.2) is 0 Å². The maximum absolute atomic E-state index is 13.9. The van der Waals surface area contributed by atoms with E-state index in [0.717, 1.165) is 6.07 Å². The van der Waals surface area contributed by atoms with Gasteiger partial charge in [0, 0.05) is 35.8 Å². The zero-order valence-electron chi connectivity index (χ0n) is 15.2. The molecule has 2 amide bonds. The van der Waals surface area contributed by atoms with Crippen LogP contribution in [0.2, 0.25) is 5.02 Å². The third kappa shape index (κ3) is 4.78. The molecule has 1 saturated heterocycles. The molecule has 2 aromatic carbocycles. The molecule has 148 valence electrons. The summed E-state index contributed by atoms with van der Waals surface area (Å²) >= 11 is 5.80. The number of halogens is 3. The zero-order chi connectivity index (χ0) is 20.3. The van der Waals surface area contributed by atoms with Crippen molar-refractivity contribution in [3.63, 3.8) is 0 Å². The summed E-state index contributed by atoms with van der Waals surface area (Å²) in [6, 6.07) is 8.87. The fourth-order valence-corrected chi connectivity index (χ4v) is 3.23. The number of anilines is 1. The van der Waals surface area contributed by atoms with Gasteiger partial charge in [0.05, 0.1) is 5.69 Å². The second-order valence-corrected chi connectivity index (χ2v) is 7.17. The number of nitrogens with zero attached hydrogens (tertiary/aromatic N) is 1. The molecule has 8 heteroatoms. The highest BCUT2D eigenvalue weighted by molar-refractivity contribution is 6.30. The second kappa shape index (κ2) is 8.56. The zero-order valence-corrected chi connectivity index (χ0v) is 16.0. The lowest BCUT2D eigenvalue weighted by molar-refractivity contribution is -0.123. The first-order valence-electron chi connectivity index (χ1n) is 8.90. The maximum Gasteiger partial charge on any atom is 0.251 e. The molecule has 0 aliphatic carbocycles. The Kier molecular flexibility index (Phi) is 6.14. The van der Waals surface area contributed by atoms with Gasteiger partial charge in [-0.15, -0.1) is 0 Å². The van der Waals surface area contributed by atoms with Crippen molar-refractivity contribution in [1.82, 2.24) is 10.6 Å². The summed E-state index contributed by atoms with van der Waals surface area (Å²) < 4.78 is 27.0. The minimum atomic E-state index is -0.736. The summed E-state index contributed by atoms with van der Waals surface area (Å²) in [5.74, 6) is -1.96. The Labute approximate surface area is 166 Å². The summed E-state index contributed by atoms with van der Waals surface area (Å²) in [7, 11) is 0. The van der Waals surface area contributed by atoms with Crippen LogP contribution in [0.25, 0.3) is 0 Å². The van der Waals surface area contributed by atoms with E-state index < -0.39 is 17.7 Å². The Balaban J connectivity index is 1.53. The molecule has 0 radical (unpaired) electrons. The summed E-state index contributed by atoms with van der Waals surface area (Å²) in [6.07, 6.45) is 0.625. The van der Waals surface area contributed by atoms with Crippen molar-refractivity contribution in [3.05, 3.63) is 64.7 Å². The van der Waals surface area contributed by atoms with Gasteiger partial charge in [0.1, 0.15) is 17.7 Å². The van der Waals surface area contributed by atoms with Crippen molar-refractivity contribution in [1.29, 1.82) is 0 Å². The normalized spacial score (nSPS) is 17.3. The van der Waals surface area contributed by atoms with Gasteiger partial charge in [-0.3, -0.25) is 9.59 Å². The smallest absolute Gasteiger partial charge is 0.251 e. The van der Waals surface area contributed by atoms with E-state index in [2.05, 4.69) is 10.6 Å². The fraction of sp³-hybridized carbons (Fsp3) is 0.300. The summed E-state index contributed by atoms with van der Waals surface area (Å²) in [6.45, 7) is 2.54. The average molecular weight is 408 g/mol. The highest BCUT2D eigenvalue weighted by Gasteiger charge is 2.27. The SMILES string of the molecule is CC(NC(=O)c1ccc(Cl)cc1)C(=O)NC1CCN(c2ccc(F)cc2F)C1. The van der Waals surface area contributed by atoms with E-state index in [9.17, 15) is 18.4 Å². The molecule has 28 heavy (non-hydrogen) atoms. The Hall–Kier alpha value is -2.67. The quantitative estimate of drug-likeness (QED) is 0.800. The molecule has 1 aliphatic rings.